The highest BCUT2D eigenvalue weighted by atomic mass is 15.2. The van der Waals surface area contributed by atoms with Crippen molar-refractivity contribution in [1.82, 2.24) is 9.13 Å². The van der Waals surface area contributed by atoms with Gasteiger partial charge in [-0.1, -0.05) is 237 Å². The molecule has 0 saturated carbocycles. The zero-order chi connectivity index (χ0) is 77.9. The lowest BCUT2D eigenvalue weighted by Crippen LogP contribution is -2.61. The number of nitrogens with zero attached hydrogens (tertiary/aromatic N) is 4. The first kappa shape index (κ1) is 46.7. The molecule has 0 bridgehead atoms. The van der Waals surface area contributed by atoms with Crippen LogP contribution in [0.1, 0.15) is 151 Å². The number of hydrogen-bond donors (Lipinski definition) is 0. The third-order valence-electron chi connectivity index (χ3n) is 18.3. The van der Waals surface area contributed by atoms with E-state index >= 15 is 0 Å². The molecule has 0 amide bonds. The standard InChI is InChI=1S/C89H89BN4/c1-85(2,3)54-57-34-42-78-70(46-57)66-30-22-24-32-74(66)91(78)64-38-40-72-80(52-64)93(76-44-36-62(88(10,11)12)50-68(76)60-26-18-16-19-27-60)82-48-59(56-87(7,8)9)49-83-84(82)90(72)73-41-39-65(92-75-33-25-23-31-67(75)71-47-58(35-43-79(71)92)55-86(4,5)6)53-81(73)94(83)77-45-37-63(89(13,14)15)51-69(77)61-28-20-17-21-29-61/h16-53H,54-56H2,1-15H3/i22D,23D,24D,25D,30D,31D,32D,33D,54D2,55D2,56D2. The molecule has 0 unspecified atom stereocenters. The average molecular weight is 1240 g/mol. The molecule has 2 aromatic heterocycles. The van der Waals surface area contributed by atoms with E-state index in [2.05, 4.69) is 136 Å². The van der Waals surface area contributed by atoms with Crippen molar-refractivity contribution in [3.63, 3.8) is 0 Å². The van der Waals surface area contributed by atoms with Crippen molar-refractivity contribution < 1.29 is 19.2 Å². The Morgan fingerprint density at radius 3 is 1.13 bits per heavy atom. The normalized spacial score (nSPS) is 16.1. The van der Waals surface area contributed by atoms with Gasteiger partial charge in [0, 0.05) is 75.0 Å². The minimum atomic E-state index is -2.03. The van der Waals surface area contributed by atoms with Gasteiger partial charge < -0.3 is 18.9 Å². The van der Waals surface area contributed by atoms with Gasteiger partial charge in [-0.2, -0.15) is 0 Å². The molecule has 13 aromatic rings. The molecule has 0 N–H and O–H groups in total. The van der Waals surface area contributed by atoms with Crippen molar-refractivity contribution in [3.05, 3.63) is 258 Å². The Bertz CT molecular complexity index is 5600. The van der Waals surface area contributed by atoms with Crippen LogP contribution in [0.4, 0.5) is 34.1 Å². The molecule has 0 aliphatic carbocycles. The summed E-state index contributed by atoms with van der Waals surface area (Å²) in [5.74, 6) is 0. The van der Waals surface area contributed by atoms with Crippen LogP contribution in [-0.2, 0) is 29.9 Å². The summed E-state index contributed by atoms with van der Waals surface area (Å²) >= 11 is 0. The molecule has 15 rings (SSSR count). The molecule has 2 aliphatic rings. The number of para-hydroxylation sites is 2. The second kappa shape index (κ2) is 22.2. The van der Waals surface area contributed by atoms with E-state index in [9.17, 15) is 16.4 Å². The highest BCUT2D eigenvalue weighted by molar-refractivity contribution is 7.00. The molecule has 0 atom stereocenters. The molecule has 11 aromatic carbocycles. The monoisotopic (exact) mass is 1240 g/mol. The minimum absolute atomic E-state index is 0.214. The number of aromatic nitrogens is 2. The molecule has 468 valence electrons. The van der Waals surface area contributed by atoms with E-state index in [0.29, 0.717) is 72.6 Å². The molecular formula is C89H89BN4. The van der Waals surface area contributed by atoms with Crippen LogP contribution in [0.15, 0.2) is 230 Å². The van der Waals surface area contributed by atoms with E-state index in [1.165, 1.54) is 0 Å². The lowest BCUT2D eigenvalue weighted by molar-refractivity contribution is 0.411. The van der Waals surface area contributed by atoms with Crippen LogP contribution in [0.2, 0.25) is 0 Å². The Morgan fingerprint density at radius 2 is 0.734 bits per heavy atom. The van der Waals surface area contributed by atoms with Crippen molar-refractivity contribution in [1.29, 1.82) is 0 Å². The highest BCUT2D eigenvalue weighted by Crippen LogP contribution is 2.52. The van der Waals surface area contributed by atoms with E-state index in [4.69, 9.17) is 2.74 Å². The predicted octanol–water partition coefficient (Wildman–Crippen LogP) is 22.7. The number of fused-ring (bicyclic) bond motifs is 10. The molecule has 94 heavy (non-hydrogen) atoms. The SMILES string of the molecule is [2H]c1c([2H])c([2H])c2c(c1[2H])c1cc(C([2H])([2H])C(C)(C)C)ccc1n2-c1ccc2c(c1)N(c1ccc(C(C)(C)C)cc1-c1ccccc1)c1cc(C([2H])([2H])C(C)(C)C)cc3c1B2c1ccc(-n2c4ccc(C([2H])([2H])C(C)(C)C)cc4c4c([2H])c([2H])c([2H])c([2H])c42)cc1N3c1ccc(C(C)(C)C)cc1-c1ccccc1. The van der Waals surface area contributed by atoms with Gasteiger partial charge >= 0.3 is 0 Å². The summed E-state index contributed by atoms with van der Waals surface area (Å²) in [7, 11) is 0. The van der Waals surface area contributed by atoms with Crippen molar-refractivity contribution in [2.45, 2.75) is 134 Å². The van der Waals surface area contributed by atoms with E-state index in [1.807, 2.05) is 144 Å². The molecule has 2 aliphatic heterocycles. The summed E-state index contributed by atoms with van der Waals surface area (Å²) < 4.78 is 139. The molecule has 0 radical (unpaired) electrons. The van der Waals surface area contributed by atoms with Crippen molar-refractivity contribution in [2.75, 3.05) is 9.80 Å². The fraction of sp³-hybridized carbons (Fsp3) is 0.258. The third-order valence-corrected chi connectivity index (χ3v) is 18.3. The van der Waals surface area contributed by atoms with Gasteiger partial charge in [-0.3, -0.25) is 0 Å². The largest absolute Gasteiger partial charge is 0.311 e. The Labute approximate surface area is 578 Å². The summed E-state index contributed by atoms with van der Waals surface area (Å²) in [6.07, 6.45) is -5.76. The summed E-state index contributed by atoms with van der Waals surface area (Å²) in [5, 5.41) is 1.41. The van der Waals surface area contributed by atoms with Gasteiger partial charge in [0.2, 0.25) is 0 Å². The predicted molar refractivity (Wildman–Crippen MR) is 407 cm³/mol. The maximum Gasteiger partial charge on any atom is 0.252 e. The van der Waals surface area contributed by atoms with Crippen LogP contribution >= 0.6 is 0 Å². The average Bonchev–Trinajstić information content (AvgIpc) is 0.704. The van der Waals surface area contributed by atoms with Crippen LogP contribution in [0.25, 0.3) is 77.2 Å². The first-order valence-corrected chi connectivity index (χ1v) is 33.0. The molecule has 5 heteroatoms. The van der Waals surface area contributed by atoms with E-state index in [-0.39, 0.29) is 56.8 Å². The third kappa shape index (κ3) is 10.8. The number of benzene rings is 11. The van der Waals surface area contributed by atoms with Crippen molar-refractivity contribution in [3.8, 4) is 33.6 Å². The van der Waals surface area contributed by atoms with E-state index in [0.717, 1.165) is 61.1 Å². The molecule has 0 saturated heterocycles. The maximum absolute atomic E-state index is 10.6. The fourth-order valence-electron chi connectivity index (χ4n) is 14.4. The quantitative estimate of drug-likeness (QED) is 0.134. The zero-order valence-electron chi connectivity index (χ0n) is 70.7. The lowest BCUT2D eigenvalue weighted by Gasteiger charge is -2.45. The second-order valence-electron chi connectivity index (χ2n) is 30.9. The van der Waals surface area contributed by atoms with Crippen LogP contribution in [0, 0.1) is 16.2 Å². The second-order valence-corrected chi connectivity index (χ2v) is 30.9. The van der Waals surface area contributed by atoms with Gasteiger partial charge in [0.25, 0.3) is 6.71 Å². The first-order chi connectivity index (χ1) is 50.4. The zero-order valence-corrected chi connectivity index (χ0v) is 56.7. The van der Waals surface area contributed by atoms with Crippen molar-refractivity contribution >= 4 is 101 Å². The number of anilines is 6. The minimum Gasteiger partial charge on any atom is -0.311 e. The van der Waals surface area contributed by atoms with Crippen LogP contribution in [0.5, 0.6) is 0 Å². The first-order valence-electron chi connectivity index (χ1n) is 40.0. The Hall–Kier alpha value is -9.32. The summed E-state index contributed by atoms with van der Waals surface area (Å²) in [6.45, 7) is 29.3. The lowest BCUT2D eigenvalue weighted by atomic mass is 9.33. The smallest absolute Gasteiger partial charge is 0.252 e. The maximum atomic E-state index is 10.6. The van der Waals surface area contributed by atoms with Crippen LogP contribution in [-0.4, -0.2) is 15.8 Å². The van der Waals surface area contributed by atoms with Gasteiger partial charge in [-0.15, -0.1) is 0 Å². The summed E-state index contributed by atoms with van der Waals surface area (Å²) in [4.78, 5) is 4.54. The summed E-state index contributed by atoms with van der Waals surface area (Å²) in [5.41, 5.74) is 13.0. The number of hydrogen-bond acceptors (Lipinski definition) is 2. The molecule has 0 spiro atoms. The molecule has 4 heterocycles. The fourth-order valence-corrected chi connectivity index (χ4v) is 14.4. The Kier molecular flexibility index (Phi) is 11.0. The summed E-state index contributed by atoms with van der Waals surface area (Å²) in [6, 6.07) is 58.1. The molecular weight excluding hydrogens is 1140 g/mol. The van der Waals surface area contributed by atoms with E-state index < -0.39 is 66.2 Å². The van der Waals surface area contributed by atoms with Crippen molar-refractivity contribution in [2.24, 2.45) is 16.2 Å². The van der Waals surface area contributed by atoms with Gasteiger partial charge in [0.15, 0.2) is 0 Å². The van der Waals surface area contributed by atoms with Crippen LogP contribution < -0.4 is 26.2 Å². The topological polar surface area (TPSA) is 16.3 Å². The molecule has 4 nitrogen and oxygen atoms in total. The van der Waals surface area contributed by atoms with E-state index in [1.54, 1.807) is 24.3 Å². The van der Waals surface area contributed by atoms with Gasteiger partial charge in [-0.05, 0) is 199 Å². The van der Waals surface area contributed by atoms with Gasteiger partial charge in [0.1, 0.15) is 0 Å². The highest BCUT2D eigenvalue weighted by Gasteiger charge is 2.45. The van der Waals surface area contributed by atoms with Gasteiger partial charge in [0.05, 0.1) is 44.4 Å². The van der Waals surface area contributed by atoms with Gasteiger partial charge in [-0.25, -0.2) is 0 Å². The Balaban J connectivity index is 1.13. The van der Waals surface area contributed by atoms with Crippen LogP contribution in [0.3, 0.4) is 0 Å². The number of rotatable bonds is 9. The Morgan fingerprint density at radius 1 is 0.340 bits per heavy atom. The molecule has 0 fully saturated rings.